The number of carbonyl (C=O) groups excluding carboxylic acids is 1. The van der Waals surface area contributed by atoms with E-state index < -0.39 is 11.4 Å². The van der Waals surface area contributed by atoms with Crippen molar-refractivity contribution in [2.45, 2.75) is 12.8 Å². The minimum atomic E-state index is -1.17. The van der Waals surface area contributed by atoms with E-state index in [0.29, 0.717) is 18.4 Å². The lowest BCUT2D eigenvalue weighted by atomic mass is 9.94. The Kier molecular flexibility index (Phi) is 1.86. The molecule has 1 heterocycles. The van der Waals surface area contributed by atoms with Crippen LogP contribution in [-0.4, -0.2) is 26.8 Å². The number of fused-ring (bicyclic) bond motifs is 1. The lowest BCUT2D eigenvalue weighted by molar-refractivity contribution is -0.141. The summed E-state index contributed by atoms with van der Waals surface area (Å²) in [5, 5.41) is 9.07. The summed E-state index contributed by atoms with van der Waals surface area (Å²) in [7, 11) is 0. The van der Waals surface area contributed by atoms with Crippen LogP contribution in [0.1, 0.15) is 23.2 Å². The zero-order valence-corrected chi connectivity index (χ0v) is 8.93. The Balaban J connectivity index is 2.04. The number of aromatic amines is 1. The lowest BCUT2D eigenvalue weighted by Crippen LogP contribution is -2.25. The maximum Gasteiger partial charge on any atom is 0.317 e. The smallest absolute Gasteiger partial charge is 0.317 e. The molecule has 0 bridgehead atoms. The van der Waals surface area contributed by atoms with Gasteiger partial charge in [0, 0.05) is 5.56 Å². The molecule has 1 aliphatic rings. The van der Waals surface area contributed by atoms with E-state index in [9.17, 15) is 9.59 Å². The monoisotopic (exact) mass is 230 g/mol. The number of imidazole rings is 1. The van der Waals surface area contributed by atoms with Crippen molar-refractivity contribution in [2.24, 2.45) is 5.41 Å². The van der Waals surface area contributed by atoms with Gasteiger partial charge in [0.15, 0.2) is 5.78 Å². The van der Waals surface area contributed by atoms with Gasteiger partial charge in [-0.25, -0.2) is 4.98 Å². The van der Waals surface area contributed by atoms with Crippen molar-refractivity contribution in [2.75, 3.05) is 0 Å². The molecule has 0 aliphatic heterocycles. The molecule has 2 aromatic rings. The molecular formula is C12H10N2O3. The summed E-state index contributed by atoms with van der Waals surface area (Å²) in [5.41, 5.74) is 0.772. The molecule has 0 amide bonds. The Morgan fingerprint density at radius 3 is 2.76 bits per heavy atom. The number of carbonyl (C=O) groups is 2. The van der Waals surface area contributed by atoms with Gasteiger partial charge in [-0.3, -0.25) is 9.59 Å². The summed E-state index contributed by atoms with van der Waals surface area (Å²) in [5.74, 6) is -1.33. The van der Waals surface area contributed by atoms with Gasteiger partial charge in [-0.2, -0.15) is 0 Å². The fraction of sp³-hybridized carbons (Fsp3) is 0.250. The van der Waals surface area contributed by atoms with Crippen molar-refractivity contribution in [3.05, 3.63) is 30.1 Å². The summed E-state index contributed by atoms with van der Waals surface area (Å²) in [6.07, 6.45) is 2.41. The molecule has 3 rings (SSSR count). The fourth-order valence-corrected chi connectivity index (χ4v) is 2.02. The zero-order chi connectivity index (χ0) is 12.0. The number of nitrogens with zero attached hydrogens (tertiary/aromatic N) is 1. The van der Waals surface area contributed by atoms with Crippen LogP contribution in [0.5, 0.6) is 0 Å². The quantitative estimate of drug-likeness (QED) is 0.619. The number of benzene rings is 1. The van der Waals surface area contributed by atoms with Gasteiger partial charge in [-0.15, -0.1) is 0 Å². The minimum absolute atomic E-state index is 0.304. The first-order valence-electron chi connectivity index (χ1n) is 5.35. The van der Waals surface area contributed by atoms with E-state index >= 15 is 0 Å². The molecular weight excluding hydrogens is 220 g/mol. The molecule has 5 nitrogen and oxygen atoms in total. The molecule has 1 aliphatic carbocycles. The molecule has 1 saturated carbocycles. The van der Waals surface area contributed by atoms with E-state index in [1.54, 1.807) is 24.5 Å². The second-order valence-corrected chi connectivity index (χ2v) is 4.35. The van der Waals surface area contributed by atoms with Crippen LogP contribution in [0.15, 0.2) is 24.5 Å². The number of hydrogen-bond acceptors (Lipinski definition) is 3. The van der Waals surface area contributed by atoms with Gasteiger partial charge in [0.25, 0.3) is 0 Å². The molecule has 1 aromatic carbocycles. The van der Waals surface area contributed by atoms with Crippen LogP contribution in [0.2, 0.25) is 0 Å². The number of rotatable bonds is 3. The van der Waals surface area contributed by atoms with Gasteiger partial charge < -0.3 is 10.1 Å². The van der Waals surface area contributed by atoms with E-state index in [1.807, 2.05) is 0 Å². The van der Waals surface area contributed by atoms with E-state index in [2.05, 4.69) is 9.97 Å². The summed E-state index contributed by atoms with van der Waals surface area (Å²) in [4.78, 5) is 30.1. The second-order valence-electron chi connectivity index (χ2n) is 4.35. The Morgan fingerprint density at radius 1 is 1.35 bits per heavy atom. The van der Waals surface area contributed by atoms with Crippen LogP contribution >= 0.6 is 0 Å². The third-order valence-electron chi connectivity index (χ3n) is 3.28. The van der Waals surface area contributed by atoms with Gasteiger partial charge in [0.05, 0.1) is 17.4 Å². The highest BCUT2D eigenvalue weighted by molar-refractivity contribution is 6.15. The van der Waals surface area contributed by atoms with Crippen molar-refractivity contribution in [1.29, 1.82) is 0 Å². The number of aromatic nitrogens is 2. The Bertz CT molecular complexity index is 625. The number of aliphatic carboxylic acids is 1. The maximum absolute atomic E-state index is 12.1. The van der Waals surface area contributed by atoms with Crippen LogP contribution in [0.4, 0.5) is 0 Å². The van der Waals surface area contributed by atoms with Gasteiger partial charge >= 0.3 is 5.97 Å². The standard InChI is InChI=1S/C12H10N2O3/c15-10(12(3-4-12)11(16)17)7-1-2-8-9(5-7)14-6-13-8/h1-2,5-6H,3-4H2,(H,13,14)(H,16,17). The summed E-state index contributed by atoms with van der Waals surface area (Å²) in [6.45, 7) is 0. The van der Waals surface area contributed by atoms with Gasteiger partial charge in [-0.05, 0) is 31.0 Å². The Morgan fingerprint density at radius 2 is 2.12 bits per heavy atom. The average Bonchev–Trinajstić information content (AvgIpc) is 3.00. The number of carboxylic acid groups (broad SMARTS) is 1. The number of hydrogen-bond donors (Lipinski definition) is 2. The molecule has 0 radical (unpaired) electrons. The molecule has 0 spiro atoms. The predicted molar refractivity (Wildman–Crippen MR) is 59.7 cm³/mol. The highest BCUT2D eigenvalue weighted by Crippen LogP contribution is 2.48. The molecule has 5 heteroatoms. The van der Waals surface area contributed by atoms with Crippen molar-refractivity contribution >= 4 is 22.8 Å². The molecule has 17 heavy (non-hydrogen) atoms. The van der Waals surface area contributed by atoms with Crippen LogP contribution in [-0.2, 0) is 4.79 Å². The molecule has 86 valence electrons. The van der Waals surface area contributed by atoms with E-state index in [1.165, 1.54) is 0 Å². The predicted octanol–water partition coefficient (Wildman–Crippen LogP) is 1.61. The van der Waals surface area contributed by atoms with Crippen LogP contribution in [0, 0.1) is 5.41 Å². The van der Waals surface area contributed by atoms with Crippen LogP contribution in [0.3, 0.4) is 0 Å². The highest BCUT2D eigenvalue weighted by atomic mass is 16.4. The van der Waals surface area contributed by atoms with E-state index in [4.69, 9.17) is 5.11 Å². The number of ketones is 1. The third kappa shape index (κ3) is 1.35. The number of nitrogens with one attached hydrogen (secondary N) is 1. The molecule has 2 N–H and O–H groups in total. The van der Waals surface area contributed by atoms with E-state index in [0.717, 1.165) is 11.0 Å². The molecule has 0 unspecified atom stereocenters. The molecule has 0 atom stereocenters. The largest absolute Gasteiger partial charge is 0.480 e. The zero-order valence-electron chi connectivity index (χ0n) is 8.93. The van der Waals surface area contributed by atoms with Crippen molar-refractivity contribution < 1.29 is 14.7 Å². The summed E-state index contributed by atoms with van der Waals surface area (Å²) in [6, 6.07) is 5.01. The van der Waals surface area contributed by atoms with Crippen molar-refractivity contribution in [1.82, 2.24) is 9.97 Å². The normalized spacial score (nSPS) is 16.9. The number of carboxylic acids is 1. The van der Waals surface area contributed by atoms with Crippen molar-refractivity contribution in [3.8, 4) is 0 Å². The van der Waals surface area contributed by atoms with Gasteiger partial charge in [0.2, 0.25) is 0 Å². The maximum atomic E-state index is 12.1. The van der Waals surface area contributed by atoms with Crippen LogP contribution in [0.25, 0.3) is 11.0 Å². The first-order chi connectivity index (χ1) is 8.13. The second kappa shape index (κ2) is 3.16. The minimum Gasteiger partial charge on any atom is -0.480 e. The molecule has 1 fully saturated rings. The first-order valence-corrected chi connectivity index (χ1v) is 5.35. The third-order valence-corrected chi connectivity index (χ3v) is 3.28. The van der Waals surface area contributed by atoms with Gasteiger partial charge in [-0.1, -0.05) is 0 Å². The number of H-pyrrole nitrogens is 1. The molecule has 0 saturated heterocycles. The topological polar surface area (TPSA) is 83.0 Å². The van der Waals surface area contributed by atoms with E-state index in [-0.39, 0.29) is 5.78 Å². The fourth-order valence-electron chi connectivity index (χ4n) is 2.02. The van der Waals surface area contributed by atoms with Crippen molar-refractivity contribution in [3.63, 3.8) is 0 Å². The highest BCUT2D eigenvalue weighted by Gasteiger charge is 2.56. The lowest BCUT2D eigenvalue weighted by Gasteiger charge is -2.08. The van der Waals surface area contributed by atoms with Gasteiger partial charge in [0.1, 0.15) is 5.41 Å². The SMILES string of the molecule is O=C(O)C1(C(=O)c2ccc3nc[nH]c3c2)CC1. The summed E-state index contributed by atoms with van der Waals surface area (Å²) < 4.78 is 0. The first kappa shape index (κ1) is 10.0. The summed E-state index contributed by atoms with van der Waals surface area (Å²) >= 11 is 0. The molecule has 1 aromatic heterocycles. The average molecular weight is 230 g/mol. The van der Waals surface area contributed by atoms with Crippen LogP contribution < -0.4 is 0 Å². The Hall–Kier alpha value is -2.17. The Labute approximate surface area is 96.5 Å². The number of Topliss-reactive ketones (excluding diaryl/α,β-unsaturated/α-hetero) is 1.